The Hall–Kier alpha value is -2.50. The molecule has 0 radical (unpaired) electrons. The van der Waals surface area contributed by atoms with Crippen LogP contribution >= 0.6 is 0 Å². The van der Waals surface area contributed by atoms with E-state index in [4.69, 9.17) is 5.73 Å². The molecule has 106 valence electrons. The fourth-order valence-corrected chi connectivity index (χ4v) is 1.97. The molecule has 1 aromatic heterocycles. The lowest BCUT2D eigenvalue weighted by atomic mass is 10.2. The molecule has 0 spiro atoms. The molecule has 1 aromatic carbocycles. The number of para-hydroxylation sites is 1. The van der Waals surface area contributed by atoms with Gasteiger partial charge in [0, 0.05) is 11.9 Å². The Morgan fingerprint density at radius 3 is 2.80 bits per heavy atom. The maximum Gasteiger partial charge on any atom is 0.268 e. The van der Waals surface area contributed by atoms with Gasteiger partial charge >= 0.3 is 0 Å². The number of H-pyrrole nitrogens is 1. The number of likely N-dealkylation sites (N-methyl/N-ethyl adjacent to an activating group) is 1. The zero-order valence-electron chi connectivity index (χ0n) is 11.5. The number of aromatic amines is 1. The van der Waals surface area contributed by atoms with Gasteiger partial charge in [-0.25, -0.2) is 0 Å². The lowest BCUT2D eigenvalue weighted by Crippen LogP contribution is -2.44. The molecule has 0 bridgehead atoms. The predicted octanol–water partition coefficient (Wildman–Crippen LogP) is 1.00. The van der Waals surface area contributed by atoms with Crippen LogP contribution in [-0.2, 0) is 4.79 Å². The first kappa shape index (κ1) is 13.9. The van der Waals surface area contributed by atoms with Gasteiger partial charge in [0.25, 0.3) is 5.91 Å². The quantitative estimate of drug-likeness (QED) is 0.626. The molecule has 0 saturated heterocycles. The molecule has 6 heteroatoms. The molecular weight excluding hydrogens is 256 g/mol. The number of hydrogen-bond acceptors (Lipinski definition) is 3. The minimum Gasteiger partial charge on any atom is -0.397 e. The van der Waals surface area contributed by atoms with Crippen molar-refractivity contribution in [2.45, 2.75) is 19.9 Å². The predicted molar refractivity (Wildman–Crippen MR) is 78.3 cm³/mol. The third-order valence-electron chi connectivity index (χ3n) is 3.02. The second-order valence-corrected chi connectivity index (χ2v) is 4.58. The normalized spacial score (nSPS) is 12.1. The van der Waals surface area contributed by atoms with Crippen LogP contribution in [0.3, 0.4) is 0 Å². The summed E-state index contributed by atoms with van der Waals surface area (Å²) in [5.41, 5.74) is 7.52. The molecule has 2 amide bonds. The highest BCUT2D eigenvalue weighted by Gasteiger charge is 2.17. The monoisotopic (exact) mass is 274 g/mol. The molecule has 2 aromatic rings. The Bertz CT molecular complexity index is 648. The van der Waals surface area contributed by atoms with Crippen LogP contribution in [0, 0.1) is 0 Å². The van der Waals surface area contributed by atoms with Crippen molar-refractivity contribution in [3.63, 3.8) is 0 Å². The van der Waals surface area contributed by atoms with Gasteiger partial charge in [-0.1, -0.05) is 12.1 Å². The van der Waals surface area contributed by atoms with Crippen molar-refractivity contribution in [1.82, 2.24) is 15.6 Å². The maximum absolute atomic E-state index is 12.1. The van der Waals surface area contributed by atoms with Crippen LogP contribution in [0.25, 0.3) is 10.9 Å². The zero-order chi connectivity index (χ0) is 14.7. The number of hydrogen-bond donors (Lipinski definition) is 4. The summed E-state index contributed by atoms with van der Waals surface area (Å²) in [5.74, 6) is -0.546. The Morgan fingerprint density at radius 1 is 1.40 bits per heavy atom. The standard InChI is InChI=1S/C14H18N4O2/c1-3-16-13(19)8(2)17-14(20)11-7-9-5-4-6-10(15)12(9)18-11/h4-8,18H,3,15H2,1-2H3,(H,16,19)(H,17,20). The van der Waals surface area contributed by atoms with Crippen molar-refractivity contribution in [1.29, 1.82) is 0 Å². The van der Waals surface area contributed by atoms with Crippen LogP contribution in [-0.4, -0.2) is 29.4 Å². The van der Waals surface area contributed by atoms with E-state index in [9.17, 15) is 9.59 Å². The van der Waals surface area contributed by atoms with E-state index in [-0.39, 0.29) is 11.8 Å². The average molecular weight is 274 g/mol. The van der Waals surface area contributed by atoms with Gasteiger partial charge in [0.05, 0.1) is 11.2 Å². The molecular formula is C14H18N4O2. The Labute approximate surface area is 116 Å². The molecule has 0 saturated carbocycles. The summed E-state index contributed by atoms with van der Waals surface area (Å²) in [5, 5.41) is 6.15. The number of anilines is 1. The number of benzene rings is 1. The summed E-state index contributed by atoms with van der Waals surface area (Å²) >= 11 is 0. The van der Waals surface area contributed by atoms with Crippen molar-refractivity contribution in [2.75, 3.05) is 12.3 Å². The number of nitrogens with one attached hydrogen (secondary N) is 3. The van der Waals surface area contributed by atoms with Crippen molar-refractivity contribution in [2.24, 2.45) is 0 Å². The minimum atomic E-state index is -0.591. The number of rotatable bonds is 4. The maximum atomic E-state index is 12.1. The highest BCUT2D eigenvalue weighted by molar-refractivity contribution is 6.02. The second-order valence-electron chi connectivity index (χ2n) is 4.58. The number of carbonyl (C=O) groups is 2. The number of nitrogen functional groups attached to an aromatic ring is 1. The molecule has 20 heavy (non-hydrogen) atoms. The largest absolute Gasteiger partial charge is 0.397 e. The van der Waals surface area contributed by atoms with Gasteiger partial charge < -0.3 is 21.4 Å². The molecule has 0 aliphatic heterocycles. The molecule has 5 N–H and O–H groups in total. The molecule has 6 nitrogen and oxygen atoms in total. The van der Waals surface area contributed by atoms with Crippen molar-refractivity contribution < 1.29 is 9.59 Å². The Balaban J connectivity index is 2.15. The molecule has 1 heterocycles. The number of amides is 2. The van der Waals surface area contributed by atoms with Gasteiger partial charge in [-0.15, -0.1) is 0 Å². The second kappa shape index (κ2) is 5.64. The molecule has 0 aliphatic carbocycles. The summed E-state index contributed by atoms with van der Waals surface area (Å²) in [6.45, 7) is 3.99. The van der Waals surface area contributed by atoms with Crippen LogP contribution in [0.4, 0.5) is 5.69 Å². The first-order chi connectivity index (χ1) is 9.52. The summed E-state index contributed by atoms with van der Waals surface area (Å²) in [4.78, 5) is 26.6. The third-order valence-corrected chi connectivity index (χ3v) is 3.02. The van der Waals surface area contributed by atoms with Gasteiger partial charge in [-0.05, 0) is 26.0 Å². The van der Waals surface area contributed by atoms with E-state index in [1.165, 1.54) is 0 Å². The van der Waals surface area contributed by atoms with Crippen LogP contribution in [0.2, 0.25) is 0 Å². The van der Waals surface area contributed by atoms with Gasteiger partial charge in [-0.3, -0.25) is 9.59 Å². The number of carbonyl (C=O) groups excluding carboxylic acids is 2. The van der Waals surface area contributed by atoms with Crippen molar-refractivity contribution in [3.8, 4) is 0 Å². The van der Waals surface area contributed by atoms with E-state index in [1.54, 1.807) is 19.1 Å². The molecule has 1 unspecified atom stereocenters. The van der Waals surface area contributed by atoms with E-state index in [1.807, 2.05) is 19.1 Å². The zero-order valence-corrected chi connectivity index (χ0v) is 11.5. The van der Waals surface area contributed by atoms with Gasteiger partial charge in [0.2, 0.25) is 5.91 Å². The molecule has 0 aliphatic rings. The van der Waals surface area contributed by atoms with Gasteiger partial charge in [-0.2, -0.15) is 0 Å². The van der Waals surface area contributed by atoms with E-state index in [2.05, 4.69) is 15.6 Å². The van der Waals surface area contributed by atoms with E-state index in [0.717, 1.165) is 10.9 Å². The summed E-state index contributed by atoms with van der Waals surface area (Å²) < 4.78 is 0. The van der Waals surface area contributed by atoms with Crippen LogP contribution < -0.4 is 16.4 Å². The third kappa shape index (κ3) is 2.74. The fourth-order valence-electron chi connectivity index (χ4n) is 1.97. The van der Waals surface area contributed by atoms with E-state index < -0.39 is 6.04 Å². The first-order valence-corrected chi connectivity index (χ1v) is 6.48. The summed E-state index contributed by atoms with van der Waals surface area (Å²) in [6, 6.07) is 6.58. The SMILES string of the molecule is CCNC(=O)C(C)NC(=O)c1cc2cccc(N)c2[nH]1. The van der Waals surface area contributed by atoms with E-state index >= 15 is 0 Å². The molecule has 2 rings (SSSR count). The Kier molecular flexibility index (Phi) is 3.93. The highest BCUT2D eigenvalue weighted by atomic mass is 16.2. The number of nitrogens with two attached hydrogens (primary N) is 1. The van der Waals surface area contributed by atoms with Crippen molar-refractivity contribution >= 4 is 28.4 Å². The lowest BCUT2D eigenvalue weighted by Gasteiger charge is -2.12. The molecule has 1 atom stereocenters. The summed E-state index contributed by atoms with van der Waals surface area (Å²) in [6.07, 6.45) is 0. The summed E-state index contributed by atoms with van der Waals surface area (Å²) in [7, 11) is 0. The number of aromatic nitrogens is 1. The van der Waals surface area contributed by atoms with Crippen molar-refractivity contribution in [3.05, 3.63) is 30.0 Å². The lowest BCUT2D eigenvalue weighted by molar-refractivity contribution is -0.122. The van der Waals surface area contributed by atoms with Crippen LogP contribution in [0.1, 0.15) is 24.3 Å². The average Bonchev–Trinajstić information content (AvgIpc) is 2.84. The van der Waals surface area contributed by atoms with Gasteiger partial charge in [0.15, 0.2) is 0 Å². The fraction of sp³-hybridized carbons (Fsp3) is 0.286. The first-order valence-electron chi connectivity index (χ1n) is 6.48. The smallest absolute Gasteiger partial charge is 0.268 e. The number of fused-ring (bicyclic) bond motifs is 1. The Morgan fingerprint density at radius 2 is 2.15 bits per heavy atom. The van der Waals surface area contributed by atoms with Gasteiger partial charge in [0.1, 0.15) is 11.7 Å². The van der Waals surface area contributed by atoms with Crippen LogP contribution in [0.5, 0.6) is 0 Å². The molecule has 0 fully saturated rings. The van der Waals surface area contributed by atoms with Crippen LogP contribution in [0.15, 0.2) is 24.3 Å². The highest BCUT2D eigenvalue weighted by Crippen LogP contribution is 2.20. The minimum absolute atomic E-state index is 0.212. The topological polar surface area (TPSA) is 100 Å². The van der Waals surface area contributed by atoms with E-state index in [0.29, 0.717) is 17.9 Å².